The van der Waals surface area contributed by atoms with Crippen molar-refractivity contribution < 1.29 is 38.1 Å². The van der Waals surface area contributed by atoms with Crippen LogP contribution in [0.2, 0.25) is 0 Å². The van der Waals surface area contributed by atoms with Gasteiger partial charge in [0.2, 0.25) is 0 Å². The molecule has 0 aromatic rings. The molecule has 0 spiro atoms. The van der Waals surface area contributed by atoms with Crippen molar-refractivity contribution in [2.75, 3.05) is 26.4 Å². The molecule has 0 aromatic carbocycles. The van der Waals surface area contributed by atoms with Gasteiger partial charge < -0.3 is 18.9 Å². The lowest BCUT2D eigenvalue weighted by molar-refractivity contribution is -0.144. The predicted octanol–water partition coefficient (Wildman–Crippen LogP) is 11.1. The van der Waals surface area contributed by atoms with Gasteiger partial charge in [-0.15, -0.1) is 0 Å². The molecular formula is C40H76O8. The SMILES string of the molecule is CCCCCCCCOC(=O)CCCCCCCCC(=O)OCCCCCCCC.CCOC(=O)CCCCCCCCC(=O)OCC. The van der Waals surface area contributed by atoms with Crippen LogP contribution in [0.4, 0.5) is 0 Å². The molecule has 0 aliphatic heterocycles. The Kier molecular flexibility index (Phi) is 41.0. The number of unbranched alkanes of at least 4 members (excludes halogenated alkanes) is 20. The second-order valence-corrected chi connectivity index (χ2v) is 12.8. The van der Waals surface area contributed by atoms with Gasteiger partial charge in [-0.3, -0.25) is 19.2 Å². The second-order valence-electron chi connectivity index (χ2n) is 12.8. The standard InChI is InChI=1S/C26H50O4.C14H26O4/c1-3-5-7-9-15-19-23-29-25(27)21-17-13-11-12-14-18-22-26(28)30-24-20-16-10-8-6-4-2;1-3-17-13(15)11-9-7-5-6-8-10-12-14(16)18-4-2/h3-24H2,1-2H3;3-12H2,1-2H3. The van der Waals surface area contributed by atoms with E-state index >= 15 is 0 Å². The smallest absolute Gasteiger partial charge is 0.305 e. The lowest BCUT2D eigenvalue weighted by Crippen LogP contribution is -2.06. The van der Waals surface area contributed by atoms with Gasteiger partial charge >= 0.3 is 23.9 Å². The van der Waals surface area contributed by atoms with Crippen molar-refractivity contribution in [3.8, 4) is 0 Å². The lowest BCUT2D eigenvalue weighted by atomic mass is 10.1. The third kappa shape index (κ3) is 41.9. The Morgan fingerprint density at radius 2 is 0.521 bits per heavy atom. The van der Waals surface area contributed by atoms with Gasteiger partial charge in [0.25, 0.3) is 0 Å². The molecular weight excluding hydrogens is 608 g/mol. The highest BCUT2D eigenvalue weighted by Crippen LogP contribution is 2.12. The van der Waals surface area contributed by atoms with E-state index in [-0.39, 0.29) is 23.9 Å². The van der Waals surface area contributed by atoms with Crippen LogP contribution >= 0.6 is 0 Å². The Morgan fingerprint density at radius 3 is 0.792 bits per heavy atom. The molecule has 0 amide bonds. The molecule has 0 fully saturated rings. The molecule has 48 heavy (non-hydrogen) atoms. The summed E-state index contributed by atoms with van der Waals surface area (Å²) in [5.41, 5.74) is 0. The van der Waals surface area contributed by atoms with E-state index in [9.17, 15) is 19.2 Å². The van der Waals surface area contributed by atoms with Crippen LogP contribution in [0.5, 0.6) is 0 Å². The fourth-order valence-electron chi connectivity index (χ4n) is 5.24. The average molecular weight is 685 g/mol. The Bertz CT molecular complexity index is 664. The van der Waals surface area contributed by atoms with E-state index in [0.717, 1.165) is 89.9 Å². The van der Waals surface area contributed by atoms with Gasteiger partial charge in [-0.05, 0) is 52.4 Å². The van der Waals surface area contributed by atoms with Gasteiger partial charge in [-0.25, -0.2) is 0 Å². The van der Waals surface area contributed by atoms with Crippen molar-refractivity contribution in [2.24, 2.45) is 0 Å². The van der Waals surface area contributed by atoms with Crippen molar-refractivity contribution in [1.29, 1.82) is 0 Å². The minimum atomic E-state index is -0.0974. The first kappa shape index (κ1) is 48.0. The molecule has 8 heteroatoms. The summed E-state index contributed by atoms with van der Waals surface area (Å²) >= 11 is 0. The summed E-state index contributed by atoms with van der Waals surface area (Å²) < 4.78 is 20.3. The van der Waals surface area contributed by atoms with Gasteiger partial charge in [0, 0.05) is 25.7 Å². The molecule has 0 rings (SSSR count). The van der Waals surface area contributed by atoms with E-state index in [2.05, 4.69) is 13.8 Å². The maximum Gasteiger partial charge on any atom is 0.305 e. The van der Waals surface area contributed by atoms with Gasteiger partial charge in [0.1, 0.15) is 0 Å². The lowest BCUT2D eigenvalue weighted by Gasteiger charge is -2.06. The highest BCUT2D eigenvalue weighted by atomic mass is 16.5. The van der Waals surface area contributed by atoms with Crippen molar-refractivity contribution in [2.45, 2.75) is 207 Å². The summed E-state index contributed by atoms with van der Waals surface area (Å²) in [7, 11) is 0. The topological polar surface area (TPSA) is 105 Å². The molecule has 0 saturated carbocycles. The minimum absolute atomic E-state index is 0.0448. The van der Waals surface area contributed by atoms with Crippen LogP contribution < -0.4 is 0 Å². The number of carbonyl (C=O) groups excluding carboxylic acids is 4. The van der Waals surface area contributed by atoms with Gasteiger partial charge in [0.15, 0.2) is 0 Å². The van der Waals surface area contributed by atoms with Crippen LogP contribution in [-0.4, -0.2) is 50.3 Å². The molecule has 8 nitrogen and oxygen atoms in total. The number of carbonyl (C=O) groups is 4. The molecule has 0 radical (unpaired) electrons. The van der Waals surface area contributed by atoms with Crippen LogP contribution in [0.1, 0.15) is 207 Å². The van der Waals surface area contributed by atoms with Gasteiger partial charge in [0.05, 0.1) is 26.4 Å². The van der Waals surface area contributed by atoms with Crippen LogP contribution in [0, 0.1) is 0 Å². The molecule has 0 bridgehead atoms. The summed E-state index contributed by atoms with van der Waals surface area (Å²) in [4.78, 5) is 45.5. The average Bonchev–Trinajstić information content (AvgIpc) is 3.07. The zero-order valence-corrected chi connectivity index (χ0v) is 31.9. The van der Waals surface area contributed by atoms with Crippen LogP contribution in [-0.2, 0) is 38.1 Å². The first-order valence-electron chi connectivity index (χ1n) is 20.0. The Hall–Kier alpha value is -2.12. The van der Waals surface area contributed by atoms with E-state index in [1.165, 1.54) is 64.2 Å². The zero-order valence-electron chi connectivity index (χ0n) is 31.9. The molecule has 0 aliphatic carbocycles. The quantitative estimate of drug-likeness (QED) is 0.0374. The van der Waals surface area contributed by atoms with Crippen molar-refractivity contribution >= 4 is 23.9 Å². The Morgan fingerprint density at radius 1 is 0.292 bits per heavy atom. The molecule has 0 N–H and O–H groups in total. The Balaban J connectivity index is 0. The van der Waals surface area contributed by atoms with Gasteiger partial charge in [-0.2, -0.15) is 0 Å². The number of hydrogen-bond donors (Lipinski definition) is 0. The van der Waals surface area contributed by atoms with E-state index in [1.807, 2.05) is 13.8 Å². The molecule has 0 aromatic heterocycles. The largest absolute Gasteiger partial charge is 0.466 e. The van der Waals surface area contributed by atoms with E-state index < -0.39 is 0 Å². The summed E-state index contributed by atoms with van der Waals surface area (Å²) in [6, 6.07) is 0. The molecule has 0 aliphatic rings. The third-order valence-electron chi connectivity index (χ3n) is 8.16. The molecule has 0 saturated heterocycles. The summed E-state index contributed by atoms with van der Waals surface area (Å²) in [5.74, 6) is -0.284. The fourth-order valence-corrected chi connectivity index (χ4v) is 5.24. The molecule has 0 unspecified atom stereocenters. The first-order valence-corrected chi connectivity index (χ1v) is 20.0. The second kappa shape index (κ2) is 41.1. The molecule has 284 valence electrons. The Labute approximate surface area is 295 Å². The predicted molar refractivity (Wildman–Crippen MR) is 196 cm³/mol. The fraction of sp³-hybridized carbons (Fsp3) is 0.900. The van der Waals surface area contributed by atoms with Gasteiger partial charge in [-0.1, -0.05) is 129 Å². The van der Waals surface area contributed by atoms with E-state index in [4.69, 9.17) is 18.9 Å². The third-order valence-corrected chi connectivity index (χ3v) is 8.16. The zero-order chi connectivity index (χ0) is 35.8. The highest BCUT2D eigenvalue weighted by molar-refractivity contribution is 5.70. The molecule has 0 heterocycles. The summed E-state index contributed by atoms with van der Waals surface area (Å²) in [6.07, 6.45) is 29.0. The minimum Gasteiger partial charge on any atom is -0.466 e. The number of hydrogen-bond acceptors (Lipinski definition) is 8. The van der Waals surface area contributed by atoms with Crippen molar-refractivity contribution in [3.63, 3.8) is 0 Å². The summed E-state index contributed by atoms with van der Waals surface area (Å²) in [5, 5.41) is 0. The van der Waals surface area contributed by atoms with Crippen LogP contribution in [0.15, 0.2) is 0 Å². The number of esters is 4. The van der Waals surface area contributed by atoms with Crippen molar-refractivity contribution in [1.82, 2.24) is 0 Å². The van der Waals surface area contributed by atoms with Crippen molar-refractivity contribution in [3.05, 3.63) is 0 Å². The van der Waals surface area contributed by atoms with Crippen LogP contribution in [0.3, 0.4) is 0 Å². The van der Waals surface area contributed by atoms with E-state index in [1.54, 1.807) is 0 Å². The molecule has 0 atom stereocenters. The monoisotopic (exact) mass is 685 g/mol. The highest BCUT2D eigenvalue weighted by Gasteiger charge is 2.05. The maximum absolute atomic E-state index is 11.7. The maximum atomic E-state index is 11.7. The van der Waals surface area contributed by atoms with Crippen LogP contribution in [0.25, 0.3) is 0 Å². The summed E-state index contributed by atoms with van der Waals surface area (Å²) in [6.45, 7) is 10.2. The normalized spacial score (nSPS) is 10.6. The number of rotatable bonds is 34. The first-order chi connectivity index (χ1) is 23.4. The van der Waals surface area contributed by atoms with E-state index in [0.29, 0.717) is 52.1 Å². The number of ether oxygens (including phenoxy) is 4.